The zero-order valence-corrected chi connectivity index (χ0v) is 11.2. The molecule has 2 N–H and O–H groups in total. The number of anilines is 1. The lowest BCUT2D eigenvalue weighted by Crippen LogP contribution is -2.65. The SMILES string of the molecule is O=C(O)N1CC2(CC(Nc3cccc(C(F)(F)F)c3)C2)C1. The molecule has 4 nitrogen and oxygen atoms in total. The first-order chi connectivity index (χ1) is 9.77. The van der Waals surface area contributed by atoms with Crippen molar-refractivity contribution in [2.24, 2.45) is 5.41 Å². The van der Waals surface area contributed by atoms with Crippen molar-refractivity contribution in [2.75, 3.05) is 18.4 Å². The Morgan fingerprint density at radius 3 is 2.57 bits per heavy atom. The van der Waals surface area contributed by atoms with E-state index in [2.05, 4.69) is 5.32 Å². The predicted molar refractivity (Wildman–Crippen MR) is 70.1 cm³/mol. The van der Waals surface area contributed by atoms with E-state index in [9.17, 15) is 18.0 Å². The van der Waals surface area contributed by atoms with Gasteiger partial charge in [-0.1, -0.05) is 6.07 Å². The maximum atomic E-state index is 12.6. The minimum absolute atomic E-state index is 0.0394. The van der Waals surface area contributed by atoms with Crippen molar-refractivity contribution in [3.63, 3.8) is 0 Å². The summed E-state index contributed by atoms with van der Waals surface area (Å²) in [5, 5.41) is 11.9. The Morgan fingerprint density at radius 2 is 2.00 bits per heavy atom. The molecule has 1 spiro atoms. The van der Waals surface area contributed by atoms with Crippen molar-refractivity contribution >= 4 is 11.8 Å². The highest BCUT2D eigenvalue weighted by molar-refractivity contribution is 5.66. The molecule has 2 fully saturated rings. The van der Waals surface area contributed by atoms with Gasteiger partial charge < -0.3 is 15.3 Å². The molecule has 0 bridgehead atoms. The van der Waals surface area contributed by atoms with Crippen LogP contribution in [0.15, 0.2) is 24.3 Å². The van der Waals surface area contributed by atoms with Crippen LogP contribution < -0.4 is 5.32 Å². The van der Waals surface area contributed by atoms with E-state index in [4.69, 9.17) is 5.11 Å². The Morgan fingerprint density at radius 1 is 1.33 bits per heavy atom. The zero-order valence-electron chi connectivity index (χ0n) is 11.2. The number of amides is 1. The first-order valence-electron chi connectivity index (χ1n) is 6.69. The number of carboxylic acid groups (broad SMARTS) is 1. The van der Waals surface area contributed by atoms with Crippen molar-refractivity contribution in [3.05, 3.63) is 29.8 Å². The van der Waals surface area contributed by atoms with E-state index >= 15 is 0 Å². The van der Waals surface area contributed by atoms with Gasteiger partial charge in [0.2, 0.25) is 0 Å². The Hall–Kier alpha value is -1.92. The molecule has 1 heterocycles. The number of hydrogen-bond donors (Lipinski definition) is 2. The summed E-state index contributed by atoms with van der Waals surface area (Å²) >= 11 is 0. The fourth-order valence-electron chi connectivity index (χ4n) is 3.27. The third-order valence-electron chi connectivity index (χ3n) is 4.24. The van der Waals surface area contributed by atoms with Crippen LogP contribution in [-0.4, -0.2) is 35.2 Å². The monoisotopic (exact) mass is 300 g/mol. The summed E-state index contributed by atoms with van der Waals surface area (Å²) in [7, 11) is 0. The number of halogens is 3. The van der Waals surface area contributed by atoms with E-state index in [0.717, 1.165) is 25.0 Å². The highest BCUT2D eigenvalue weighted by Gasteiger charge is 2.53. The summed E-state index contributed by atoms with van der Waals surface area (Å²) < 4.78 is 37.9. The lowest BCUT2D eigenvalue weighted by molar-refractivity contribution is -0.137. The van der Waals surface area contributed by atoms with Gasteiger partial charge in [0.1, 0.15) is 0 Å². The minimum Gasteiger partial charge on any atom is -0.465 e. The van der Waals surface area contributed by atoms with Gasteiger partial charge in [0.05, 0.1) is 5.56 Å². The van der Waals surface area contributed by atoms with Crippen LogP contribution in [0.4, 0.5) is 23.7 Å². The fraction of sp³-hybridized carbons (Fsp3) is 0.500. The van der Waals surface area contributed by atoms with Gasteiger partial charge in [-0.15, -0.1) is 0 Å². The normalized spacial score (nSPS) is 20.8. The number of carbonyl (C=O) groups is 1. The molecule has 114 valence electrons. The van der Waals surface area contributed by atoms with E-state index in [1.165, 1.54) is 11.0 Å². The van der Waals surface area contributed by atoms with Crippen LogP contribution in [0.1, 0.15) is 18.4 Å². The summed E-state index contributed by atoms with van der Waals surface area (Å²) in [5.41, 5.74) is -0.168. The van der Waals surface area contributed by atoms with Gasteiger partial charge in [-0.05, 0) is 31.0 Å². The van der Waals surface area contributed by atoms with Gasteiger partial charge in [-0.2, -0.15) is 13.2 Å². The van der Waals surface area contributed by atoms with Crippen LogP contribution in [0.2, 0.25) is 0 Å². The van der Waals surface area contributed by atoms with Crippen LogP contribution in [0.3, 0.4) is 0 Å². The number of rotatable bonds is 2. The standard InChI is InChI=1S/C14H15F3N2O2/c15-14(16,17)9-2-1-3-10(4-9)18-11-5-13(6-11)7-19(8-13)12(20)21/h1-4,11,18H,5-8H2,(H,20,21). The second kappa shape index (κ2) is 4.54. The predicted octanol–water partition coefficient (Wildman–Crippen LogP) is 3.26. The molecule has 1 aliphatic heterocycles. The number of likely N-dealkylation sites (tertiary alicyclic amines) is 1. The molecule has 7 heteroatoms. The molecule has 1 saturated carbocycles. The molecule has 3 rings (SSSR count). The number of nitrogens with one attached hydrogen (secondary N) is 1. The number of hydrogen-bond acceptors (Lipinski definition) is 2. The molecule has 0 radical (unpaired) electrons. The molecular formula is C14H15F3N2O2. The van der Waals surface area contributed by atoms with Crippen molar-refractivity contribution in [2.45, 2.75) is 25.1 Å². The zero-order chi connectivity index (χ0) is 15.3. The summed E-state index contributed by atoms with van der Waals surface area (Å²) in [6.45, 7) is 1.06. The smallest absolute Gasteiger partial charge is 0.416 e. The van der Waals surface area contributed by atoms with Gasteiger partial charge in [0, 0.05) is 30.2 Å². The molecule has 0 atom stereocenters. The second-order valence-electron chi connectivity index (χ2n) is 5.97. The van der Waals surface area contributed by atoms with Gasteiger partial charge in [-0.25, -0.2) is 4.79 Å². The molecule has 1 aromatic carbocycles. The van der Waals surface area contributed by atoms with Crippen LogP contribution in [0.5, 0.6) is 0 Å². The van der Waals surface area contributed by atoms with Gasteiger partial charge in [-0.3, -0.25) is 0 Å². The van der Waals surface area contributed by atoms with Crippen LogP contribution in [-0.2, 0) is 6.18 Å². The summed E-state index contributed by atoms with van der Waals surface area (Å²) in [6.07, 6.45) is -3.65. The Kier molecular flexibility index (Phi) is 3.04. The maximum Gasteiger partial charge on any atom is 0.416 e. The van der Waals surface area contributed by atoms with Crippen LogP contribution in [0, 0.1) is 5.41 Å². The summed E-state index contributed by atoms with van der Waals surface area (Å²) in [5.74, 6) is 0. The van der Waals surface area contributed by atoms with E-state index < -0.39 is 17.8 Å². The molecule has 21 heavy (non-hydrogen) atoms. The minimum atomic E-state index is -4.34. The lowest BCUT2D eigenvalue weighted by Gasteiger charge is -2.58. The highest BCUT2D eigenvalue weighted by atomic mass is 19.4. The molecular weight excluding hydrogens is 285 g/mol. The van der Waals surface area contributed by atoms with Gasteiger partial charge >= 0.3 is 12.3 Å². The van der Waals surface area contributed by atoms with E-state index in [1.54, 1.807) is 6.07 Å². The average Bonchev–Trinajstić information content (AvgIpc) is 2.29. The number of benzene rings is 1. The number of alkyl halides is 3. The van der Waals surface area contributed by atoms with E-state index in [0.29, 0.717) is 18.8 Å². The summed E-state index contributed by atoms with van der Waals surface area (Å²) in [4.78, 5) is 12.1. The van der Waals surface area contributed by atoms with Crippen LogP contribution >= 0.6 is 0 Å². The van der Waals surface area contributed by atoms with E-state index in [1.807, 2.05) is 0 Å². The first kappa shape index (κ1) is 14.0. The molecule has 0 unspecified atom stereocenters. The molecule has 1 aliphatic carbocycles. The second-order valence-corrected chi connectivity index (χ2v) is 5.97. The first-order valence-corrected chi connectivity index (χ1v) is 6.69. The molecule has 1 aromatic rings. The highest BCUT2D eigenvalue weighted by Crippen LogP contribution is 2.49. The Bertz CT molecular complexity index is 560. The van der Waals surface area contributed by atoms with Crippen molar-refractivity contribution < 1.29 is 23.1 Å². The molecule has 1 saturated heterocycles. The van der Waals surface area contributed by atoms with E-state index in [-0.39, 0.29) is 11.5 Å². The van der Waals surface area contributed by atoms with Crippen molar-refractivity contribution in [3.8, 4) is 0 Å². The summed E-state index contributed by atoms with van der Waals surface area (Å²) in [6, 6.07) is 5.27. The molecule has 0 aromatic heterocycles. The fourth-order valence-corrected chi connectivity index (χ4v) is 3.27. The van der Waals surface area contributed by atoms with Gasteiger partial charge in [0.15, 0.2) is 0 Å². The lowest BCUT2D eigenvalue weighted by atomic mass is 9.61. The largest absolute Gasteiger partial charge is 0.465 e. The maximum absolute atomic E-state index is 12.6. The van der Waals surface area contributed by atoms with Crippen LogP contribution in [0.25, 0.3) is 0 Å². The van der Waals surface area contributed by atoms with Crippen molar-refractivity contribution in [1.82, 2.24) is 4.90 Å². The third-order valence-corrected chi connectivity index (χ3v) is 4.24. The topological polar surface area (TPSA) is 52.6 Å². The van der Waals surface area contributed by atoms with Gasteiger partial charge in [0.25, 0.3) is 0 Å². The quantitative estimate of drug-likeness (QED) is 0.881. The molecule has 1 amide bonds. The Balaban J connectivity index is 1.55. The Labute approximate surface area is 119 Å². The molecule has 2 aliphatic rings. The average molecular weight is 300 g/mol. The third kappa shape index (κ3) is 2.64. The number of nitrogens with zero attached hydrogens (tertiary/aromatic N) is 1. The van der Waals surface area contributed by atoms with Crippen molar-refractivity contribution in [1.29, 1.82) is 0 Å².